The summed E-state index contributed by atoms with van der Waals surface area (Å²) in [6.07, 6.45) is 0. The van der Waals surface area contributed by atoms with Gasteiger partial charge in [0.25, 0.3) is 0 Å². The van der Waals surface area contributed by atoms with Crippen LogP contribution in [0.25, 0.3) is 0 Å². The number of imide groups is 1. The minimum atomic E-state index is -0.280. The van der Waals surface area contributed by atoms with Gasteiger partial charge in [-0.15, -0.1) is 11.8 Å². The van der Waals surface area contributed by atoms with Crippen LogP contribution in [0.5, 0.6) is 0 Å². The lowest BCUT2D eigenvalue weighted by atomic mass is 10.0. The van der Waals surface area contributed by atoms with Crippen LogP contribution >= 0.6 is 11.8 Å². The second-order valence-electron chi connectivity index (χ2n) is 5.21. The molecule has 1 aromatic rings. The third kappa shape index (κ3) is 3.33. The lowest BCUT2D eigenvalue weighted by molar-refractivity contribution is -0.126. The normalized spacial score (nSPS) is 16.4. The fourth-order valence-corrected chi connectivity index (χ4v) is 3.02. The third-order valence-corrected chi connectivity index (χ3v) is 4.43. The molecule has 0 radical (unpaired) electrons. The van der Waals surface area contributed by atoms with E-state index in [-0.39, 0.29) is 17.2 Å². The number of urea groups is 1. The van der Waals surface area contributed by atoms with Crippen molar-refractivity contribution >= 4 is 23.7 Å². The highest BCUT2D eigenvalue weighted by Gasteiger charge is 2.29. The maximum Gasteiger partial charge on any atom is 0.324 e. The zero-order chi connectivity index (χ0) is 14.7. The Morgan fingerprint density at radius 2 is 1.90 bits per heavy atom. The van der Waals surface area contributed by atoms with Crippen molar-refractivity contribution < 1.29 is 9.59 Å². The molecule has 1 aliphatic rings. The number of thioether (sulfide) groups is 1. The number of nitrogens with one attached hydrogen (secondary N) is 1. The van der Waals surface area contributed by atoms with E-state index >= 15 is 0 Å². The zero-order valence-electron chi connectivity index (χ0n) is 12.1. The summed E-state index contributed by atoms with van der Waals surface area (Å²) in [5.41, 5.74) is 1.28. The molecule has 1 aliphatic heterocycles. The molecular formula is C15H20N2O2S. The molecule has 0 aromatic heterocycles. The molecule has 1 N–H and O–H groups in total. The van der Waals surface area contributed by atoms with Gasteiger partial charge >= 0.3 is 6.03 Å². The predicted molar refractivity (Wildman–Crippen MR) is 81.0 cm³/mol. The van der Waals surface area contributed by atoms with Crippen molar-refractivity contribution in [2.45, 2.75) is 36.8 Å². The van der Waals surface area contributed by atoms with Gasteiger partial charge in [0.2, 0.25) is 5.91 Å². The van der Waals surface area contributed by atoms with E-state index in [0.717, 1.165) is 4.90 Å². The van der Waals surface area contributed by atoms with Gasteiger partial charge in [0, 0.05) is 18.0 Å². The van der Waals surface area contributed by atoms with Gasteiger partial charge in [-0.05, 0) is 30.5 Å². The molecule has 108 valence electrons. The molecule has 0 unspecified atom stereocenters. The van der Waals surface area contributed by atoms with E-state index < -0.39 is 0 Å². The molecule has 1 saturated heterocycles. The Morgan fingerprint density at radius 1 is 1.25 bits per heavy atom. The molecule has 1 aromatic carbocycles. The van der Waals surface area contributed by atoms with Crippen molar-refractivity contribution in [3.63, 3.8) is 0 Å². The monoisotopic (exact) mass is 292 g/mol. The van der Waals surface area contributed by atoms with Crippen LogP contribution in [0.15, 0.2) is 29.2 Å². The van der Waals surface area contributed by atoms with Gasteiger partial charge in [-0.1, -0.05) is 26.0 Å². The molecule has 2 rings (SSSR count). The molecule has 5 heteroatoms. The van der Waals surface area contributed by atoms with E-state index in [0.29, 0.717) is 19.0 Å². The Bertz CT molecular complexity index is 499. The SMILES string of the molecule is CC(C)c1ccc(S[C@H](C)C(=O)N2CCNC2=O)cc1. The van der Waals surface area contributed by atoms with Crippen molar-refractivity contribution in [2.75, 3.05) is 13.1 Å². The lowest BCUT2D eigenvalue weighted by Gasteiger charge is -2.17. The Balaban J connectivity index is 1.98. The third-order valence-electron chi connectivity index (χ3n) is 3.33. The van der Waals surface area contributed by atoms with Crippen molar-refractivity contribution in [3.05, 3.63) is 29.8 Å². The summed E-state index contributed by atoms with van der Waals surface area (Å²) < 4.78 is 0. The van der Waals surface area contributed by atoms with E-state index in [2.05, 4.69) is 31.3 Å². The Hall–Kier alpha value is -1.49. The number of carbonyl (C=O) groups excluding carboxylic acids is 2. The second kappa shape index (κ2) is 6.31. The first-order valence-corrected chi connectivity index (χ1v) is 7.73. The van der Waals surface area contributed by atoms with Crippen molar-refractivity contribution in [3.8, 4) is 0 Å². The standard InChI is InChI=1S/C15H20N2O2S/c1-10(2)12-4-6-13(7-5-12)20-11(3)14(18)17-9-8-16-15(17)19/h4-7,10-11H,8-9H2,1-3H3,(H,16,19)/t11-/m1/s1. The smallest absolute Gasteiger partial charge is 0.324 e. The van der Waals surface area contributed by atoms with E-state index in [1.54, 1.807) is 0 Å². The van der Waals surface area contributed by atoms with Crippen LogP contribution in [-0.2, 0) is 4.79 Å². The molecule has 0 bridgehead atoms. The summed E-state index contributed by atoms with van der Waals surface area (Å²) in [4.78, 5) is 26.0. The fourth-order valence-electron chi connectivity index (χ4n) is 2.09. The first-order chi connectivity index (χ1) is 9.49. The van der Waals surface area contributed by atoms with E-state index in [1.807, 2.05) is 19.1 Å². The van der Waals surface area contributed by atoms with Crippen molar-refractivity contribution in [1.82, 2.24) is 10.2 Å². The van der Waals surface area contributed by atoms with Crippen LogP contribution in [0.3, 0.4) is 0 Å². The quantitative estimate of drug-likeness (QED) is 0.868. The van der Waals surface area contributed by atoms with E-state index in [9.17, 15) is 9.59 Å². The fraction of sp³-hybridized carbons (Fsp3) is 0.467. The Labute approximate surface area is 123 Å². The van der Waals surface area contributed by atoms with Gasteiger partial charge in [-0.3, -0.25) is 9.69 Å². The summed E-state index contributed by atoms with van der Waals surface area (Å²) in [6.45, 7) is 7.16. The average molecular weight is 292 g/mol. The zero-order valence-corrected chi connectivity index (χ0v) is 12.9. The van der Waals surface area contributed by atoms with Crippen LogP contribution in [0.1, 0.15) is 32.3 Å². The molecule has 4 nitrogen and oxygen atoms in total. The topological polar surface area (TPSA) is 49.4 Å². The number of nitrogens with zero attached hydrogens (tertiary/aromatic N) is 1. The average Bonchev–Trinajstić information content (AvgIpc) is 2.84. The first-order valence-electron chi connectivity index (χ1n) is 6.85. The van der Waals surface area contributed by atoms with Gasteiger partial charge in [0.05, 0.1) is 5.25 Å². The molecule has 0 aliphatic carbocycles. The minimum Gasteiger partial charge on any atom is -0.336 e. The number of hydrogen-bond acceptors (Lipinski definition) is 3. The molecule has 0 saturated carbocycles. The van der Waals surface area contributed by atoms with Crippen molar-refractivity contribution in [2.24, 2.45) is 0 Å². The molecular weight excluding hydrogens is 272 g/mol. The number of carbonyl (C=O) groups is 2. The van der Waals surface area contributed by atoms with Gasteiger partial charge in [0.15, 0.2) is 0 Å². The Morgan fingerprint density at radius 3 is 2.40 bits per heavy atom. The van der Waals surface area contributed by atoms with Crippen LogP contribution in [0.2, 0.25) is 0 Å². The van der Waals surface area contributed by atoms with Crippen LogP contribution in [0, 0.1) is 0 Å². The first kappa shape index (κ1) is 14.9. The molecule has 1 heterocycles. The van der Waals surface area contributed by atoms with Gasteiger partial charge in [0.1, 0.15) is 0 Å². The summed E-state index contributed by atoms with van der Waals surface area (Å²) >= 11 is 1.49. The molecule has 3 amide bonds. The van der Waals surface area contributed by atoms with Crippen LogP contribution in [-0.4, -0.2) is 35.2 Å². The molecule has 20 heavy (non-hydrogen) atoms. The maximum atomic E-state index is 12.2. The molecule has 1 fully saturated rings. The number of rotatable bonds is 4. The summed E-state index contributed by atoms with van der Waals surface area (Å²) in [7, 11) is 0. The van der Waals surface area contributed by atoms with E-state index in [4.69, 9.17) is 0 Å². The summed E-state index contributed by atoms with van der Waals surface area (Å²) in [5.74, 6) is 0.374. The molecule has 1 atom stereocenters. The highest BCUT2D eigenvalue weighted by atomic mass is 32.2. The largest absolute Gasteiger partial charge is 0.336 e. The number of benzene rings is 1. The highest BCUT2D eigenvalue weighted by Crippen LogP contribution is 2.26. The Kier molecular flexibility index (Phi) is 4.70. The summed E-state index contributed by atoms with van der Waals surface area (Å²) in [5, 5.41) is 2.39. The molecule has 0 spiro atoms. The minimum absolute atomic E-state index is 0.127. The predicted octanol–water partition coefficient (Wildman–Crippen LogP) is 2.84. The summed E-state index contributed by atoms with van der Waals surface area (Å²) in [6, 6.07) is 7.97. The van der Waals surface area contributed by atoms with Crippen molar-refractivity contribution in [1.29, 1.82) is 0 Å². The number of hydrogen-bond donors (Lipinski definition) is 1. The van der Waals surface area contributed by atoms with Gasteiger partial charge < -0.3 is 5.32 Å². The van der Waals surface area contributed by atoms with Crippen LogP contribution in [0.4, 0.5) is 4.79 Å². The van der Waals surface area contributed by atoms with E-state index in [1.165, 1.54) is 22.2 Å². The van der Waals surface area contributed by atoms with Gasteiger partial charge in [-0.25, -0.2) is 4.79 Å². The van der Waals surface area contributed by atoms with Gasteiger partial charge in [-0.2, -0.15) is 0 Å². The maximum absolute atomic E-state index is 12.2. The highest BCUT2D eigenvalue weighted by molar-refractivity contribution is 8.00. The second-order valence-corrected chi connectivity index (χ2v) is 6.62. The number of amides is 3. The van der Waals surface area contributed by atoms with Crippen LogP contribution < -0.4 is 5.32 Å². The lowest BCUT2D eigenvalue weighted by Crippen LogP contribution is -2.38.